The van der Waals surface area contributed by atoms with Crippen molar-refractivity contribution in [3.63, 3.8) is 0 Å². The van der Waals surface area contributed by atoms with Crippen LogP contribution in [0.1, 0.15) is 68.2 Å². The molecule has 32 heavy (non-hydrogen) atoms. The Bertz CT molecular complexity index is 1090. The first-order chi connectivity index (χ1) is 15.3. The van der Waals surface area contributed by atoms with E-state index in [4.69, 9.17) is 9.84 Å². The van der Waals surface area contributed by atoms with Crippen LogP contribution in [0.15, 0.2) is 35.5 Å². The maximum Gasteiger partial charge on any atom is 0.337 e. The third-order valence-corrected chi connectivity index (χ3v) is 7.17. The lowest BCUT2D eigenvalue weighted by atomic mass is 9.79. The zero-order valence-electron chi connectivity index (χ0n) is 18.8. The van der Waals surface area contributed by atoms with E-state index in [0.29, 0.717) is 16.8 Å². The Balaban J connectivity index is 1.95. The molecule has 8 nitrogen and oxygen atoms in total. The van der Waals surface area contributed by atoms with Crippen LogP contribution >= 0.6 is 11.8 Å². The van der Waals surface area contributed by atoms with Crippen LogP contribution in [0.2, 0.25) is 0 Å². The van der Waals surface area contributed by atoms with Crippen molar-refractivity contribution in [3.8, 4) is 0 Å². The van der Waals surface area contributed by atoms with E-state index in [2.05, 4.69) is 5.32 Å². The largest absolute Gasteiger partial charge is 0.448 e. The molecule has 9 heteroatoms. The van der Waals surface area contributed by atoms with Crippen molar-refractivity contribution in [1.82, 2.24) is 9.78 Å². The average Bonchev–Trinajstić information content (AvgIpc) is 3.41. The van der Waals surface area contributed by atoms with Gasteiger partial charge in [-0.1, -0.05) is 31.0 Å². The maximum absolute atomic E-state index is 13.4. The molecule has 0 spiro atoms. The molecule has 1 aliphatic carbocycles. The monoisotopic (exact) mass is 456 g/mol. The number of nitrogens with one attached hydrogen (secondary N) is 1. The van der Waals surface area contributed by atoms with Gasteiger partial charge >= 0.3 is 5.97 Å². The number of nitro groups is 1. The van der Waals surface area contributed by atoms with Gasteiger partial charge in [-0.25, -0.2) is 4.79 Å². The first-order valence-electron chi connectivity index (χ1n) is 10.8. The third kappa shape index (κ3) is 3.90. The molecule has 0 radical (unpaired) electrons. The summed E-state index contributed by atoms with van der Waals surface area (Å²) in [7, 11) is 1.87. The SMILES string of the molecule is CSC(C)OC(=O)C1=C(C)Nc2c(c(C3CCCC3)nn2C)C1c1ccccc1[N+](=O)[O-]. The van der Waals surface area contributed by atoms with Crippen molar-refractivity contribution in [2.75, 3.05) is 11.6 Å². The van der Waals surface area contributed by atoms with Gasteiger partial charge in [0, 0.05) is 35.9 Å². The standard InChI is InChI=1S/C23H28N4O4S/c1-13-18(23(28)31-14(2)32-4)19(16-11-7-8-12-17(16)27(29)30)20-21(15-9-5-6-10-15)25-26(3)22(20)24-13/h7-8,11-12,14-15,19,24H,5-6,9-10H2,1-4H3. The second-order valence-corrected chi connectivity index (χ2v) is 9.51. The lowest BCUT2D eigenvalue weighted by molar-refractivity contribution is -0.385. The van der Waals surface area contributed by atoms with Crippen LogP contribution in [0.4, 0.5) is 11.5 Å². The van der Waals surface area contributed by atoms with E-state index >= 15 is 0 Å². The first kappa shape index (κ1) is 22.4. The van der Waals surface area contributed by atoms with Gasteiger partial charge in [-0.2, -0.15) is 5.10 Å². The number of para-hydroxylation sites is 1. The van der Waals surface area contributed by atoms with E-state index in [1.54, 1.807) is 22.9 Å². The summed E-state index contributed by atoms with van der Waals surface area (Å²) in [6.45, 7) is 3.63. The molecule has 0 saturated heterocycles. The van der Waals surface area contributed by atoms with E-state index in [-0.39, 0.29) is 22.0 Å². The van der Waals surface area contributed by atoms with Gasteiger partial charge < -0.3 is 10.1 Å². The summed E-state index contributed by atoms with van der Waals surface area (Å²) < 4.78 is 7.47. The molecule has 1 aliphatic heterocycles. The van der Waals surface area contributed by atoms with Gasteiger partial charge in [0.25, 0.3) is 5.69 Å². The minimum absolute atomic E-state index is 0.0115. The molecule has 0 bridgehead atoms. The Kier molecular flexibility index (Phi) is 6.28. The number of aromatic nitrogens is 2. The number of carbonyl (C=O) groups excluding carboxylic acids is 1. The fraction of sp³-hybridized carbons (Fsp3) is 0.478. The number of hydrogen-bond donors (Lipinski definition) is 1. The number of nitro benzene ring substituents is 1. The van der Waals surface area contributed by atoms with Crippen molar-refractivity contribution in [1.29, 1.82) is 0 Å². The van der Waals surface area contributed by atoms with Crippen LogP contribution in [0, 0.1) is 10.1 Å². The summed E-state index contributed by atoms with van der Waals surface area (Å²) in [5.41, 5.74) is 2.94. The molecule has 2 aliphatic rings. The molecule has 1 aromatic carbocycles. The second kappa shape index (κ2) is 8.97. The average molecular weight is 457 g/mol. The summed E-state index contributed by atoms with van der Waals surface area (Å²) >= 11 is 1.43. The summed E-state index contributed by atoms with van der Waals surface area (Å²) in [5.74, 6) is -0.0367. The van der Waals surface area contributed by atoms with Crippen LogP contribution in [-0.4, -0.2) is 32.4 Å². The number of carbonyl (C=O) groups is 1. The number of ether oxygens (including phenoxy) is 1. The van der Waals surface area contributed by atoms with Gasteiger partial charge in [-0.15, -0.1) is 11.8 Å². The summed E-state index contributed by atoms with van der Waals surface area (Å²) in [6.07, 6.45) is 6.19. The molecule has 1 saturated carbocycles. The van der Waals surface area contributed by atoms with Crippen molar-refractivity contribution >= 4 is 29.2 Å². The Morgan fingerprint density at radius 1 is 1.34 bits per heavy atom. The highest BCUT2D eigenvalue weighted by Crippen LogP contribution is 2.49. The lowest BCUT2D eigenvalue weighted by Gasteiger charge is -2.29. The van der Waals surface area contributed by atoms with Gasteiger partial charge in [-0.05, 0) is 32.9 Å². The van der Waals surface area contributed by atoms with Crippen LogP contribution in [0.25, 0.3) is 0 Å². The number of rotatable bonds is 6. The minimum Gasteiger partial charge on any atom is -0.448 e. The third-order valence-electron chi connectivity index (χ3n) is 6.41. The predicted molar refractivity (Wildman–Crippen MR) is 125 cm³/mol. The van der Waals surface area contributed by atoms with Crippen LogP contribution in [-0.2, 0) is 16.6 Å². The Morgan fingerprint density at radius 2 is 2.03 bits per heavy atom. The lowest BCUT2D eigenvalue weighted by Crippen LogP contribution is -2.27. The number of fused-ring (bicyclic) bond motifs is 1. The van der Waals surface area contributed by atoms with Crippen molar-refractivity contribution in [2.24, 2.45) is 7.05 Å². The number of allylic oxidation sites excluding steroid dienone is 1. The highest BCUT2D eigenvalue weighted by molar-refractivity contribution is 7.99. The Morgan fingerprint density at radius 3 is 2.69 bits per heavy atom. The predicted octanol–water partition coefficient (Wildman–Crippen LogP) is 5.07. The molecule has 2 aromatic rings. The van der Waals surface area contributed by atoms with E-state index < -0.39 is 11.9 Å². The molecule has 1 fully saturated rings. The zero-order chi connectivity index (χ0) is 23.0. The second-order valence-electron chi connectivity index (χ2n) is 8.37. The topological polar surface area (TPSA) is 99.3 Å². The smallest absolute Gasteiger partial charge is 0.337 e. The van der Waals surface area contributed by atoms with Gasteiger partial charge in [0.2, 0.25) is 0 Å². The van der Waals surface area contributed by atoms with Gasteiger partial charge in [-0.3, -0.25) is 14.8 Å². The van der Waals surface area contributed by atoms with E-state index in [0.717, 1.165) is 42.8 Å². The normalized spacial score (nSPS) is 19.4. The maximum atomic E-state index is 13.4. The first-order valence-corrected chi connectivity index (χ1v) is 12.1. The molecule has 0 amide bonds. The molecule has 4 rings (SSSR count). The number of aryl methyl sites for hydroxylation is 1. The van der Waals surface area contributed by atoms with E-state index in [9.17, 15) is 14.9 Å². The highest BCUT2D eigenvalue weighted by atomic mass is 32.2. The van der Waals surface area contributed by atoms with Gasteiger partial charge in [0.1, 0.15) is 11.3 Å². The molecule has 2 unspecified atom stereocenters. The Hall–Kier alpha value is -2.81. The van der Waals surface area contributed by atoms with Crippen molar-refractivity contribution in [2.45, 2.75) is 56.8 Å². The minimum atomic E-state index is -0.626. The molecule has 1 N–H and O–H groups in total. The van der Waals surface area contributed by atoms with Crippen LogP contribution in [0.5, 0.6) is 0 Å². The molecule has 2 atom stereocenters. The number of anilines is 1. The van der Waals surface area contributed by atoms with Crippen molar-refractivity contribution in [3.05, 3.63) is 62.5 Å². The molecule has 1 aromatic heterocycles. The number of nitrogens with zero attached hydrogens (tertiary/aromatic N) is 3. The zero-order valence-corrected chi connectivity index (χ0v) is 19.6. The van der Waals surface area contributed by atoms with Crippen LogP contribution in [0.3, 0.4) is 0 Å². The number of hydrogen-bond acceptors (Lipinski definition) is 7. The van der Waals surface area contributed by atoms with Crippen molar-refractivity contribution < 1.29 is 14.5 Å². The molecule has 2 heterocycles. The molecular weight excluding hydrogens is 428 g/mol. The number of benzene rings is 1. The summed E-state index contributed by atoms with van der Waals surface area (Å²) in [5, 5.41) is 20.1. The highest BCUT2D eigenvalue weighted by Gasteiger charge is 2.42. The van der Waals surface area contributed by atoms with Gasteiger partial charge in [0.05, 0.1) is 22.1 Å². The van der Waals surface area contributed by atoms with Gasteiger partial charge in [0.15, 0.2) is 0 Å². The quantitative estimate of drug-likeness (QED) is 0.280. The number of thioether (sulfide) groups is 1. The fourth-order valence-corrected chi connectivity index (χ4v) is 5.03. The molecule has 170 valence electrons. The van der Waals surface area contributed by atoms with E-state index in [1.165, 1.54) is 17.8 Å². The number of esters is 1. The van der Waals surface area contributed by atoms with E-state index in [1.807, 2.05) is 27.2 Å². The Labute approximate surface area is 191 Å². The van der Waals surface area contributed by atoms with Crippen LogP contribution < -0.4 is 5.32 Å². The summed E-state index contributed by atoms with van der Waals surface area (Å²) in [4.78, 5) is 24.9. The summed E-state index contributed by atoms with van der Waals surface area (Å²) in [6, 6.07) is 6.65. The fourth-order valence-electron chi connectivity index (χ4n) is 4.84. The molecular formula is C23H28N4O4S.